The number of nitrogens with zero attached hydrogens (tertiary/aromatic N) is 1. The van der Waals surface area contributed by atoms with Gasteiger partial charge < -0.3 is 15.3 Å². The molecule has 0 unspecified atom stereocenters. The lowest BCUT2D eigenvalue weighted by Crippen LogP contribution is -2.29. The zero-order valence-corrected chi connectivity index (χ0v) is 21.3. The van der Waals surface area contributed by atoms with Gasteiger partial charge >= 0.3 is 5.97 Å². The number of benzene rings is 2. The van der Waals surface area contributed by atoms with E-state index in [4.69, 9.17) is 0 Å². The predicted octanol–water partition coefficient (Wildman–Crippen LogP) is 3.92. The van der Waals surface area contributed by atoms with Crippen LogP contribution in [0.5, 0.6) is 0 Å². The van der Waals surface area contributed by atoms with E-state index >= 15 is 0 Å². The third kappa shape index (κ3) is 6.61. The smallest absolute Gasteiger partial charge is 0.338 e. The monoisotopic (exact) mass is 501 g/mol. The number of hydrogen-bond donors (Lipinski definition) is 3. The van der Waals surface area contributed by atoms with Crippen molar-refractivity contribution < 1.29 is 23.1 Å². The van der Waals surface area contributed by atoms with E-state index in [2.05, 4.69) is 28.8 Å². The van der Waals surface area contributed by atoms with Crippen LogP contribution in [0.15, 0.2) is 41.3 Å². The van der Waals surface area contributed by atoms with E-state index in [0.717, 1.165) is 57.3 Å². The lowest BCUT2D eigenvalue weighted by molar-refractivity contribution is 0.0696. The topological polar surface area (TPSA) is 116 Å². The van der Waals surface area contributed by atoms with Gasteiger partial charge in [0.15, 0.2) is 0 Å². The van der Waals surface area contributed by atoms with Crippen molar-refractivity contribution in [2.24, 2.45) is 0 Å². The SMILES string of the molecule is CCN(CC)CCCCNC(=O)c1ccccc1S(=O)(=O)Nc1ccc2c(c1C(=O)O)CCCC2. The first kappa shape index (κ1) is 26.7. The molecule has 2 aromatic rings. The highest BCUT2D eigenvalue weighted by Crippen LogP contribution is 2.31. The maximum atomic E-state index is 13.3. The Morgan fingerprint density at radius 3 is 2.43 bits per heavy atom. The number of aryl methyl sites for hydroxylation is 1. The van der Waals surface area contributed by atoms with Gasteiger partial charge in [-0.3, -0.25) is 9.52 Å². The van der Waals surface area contributed by atoms with Gasteiger partial charge in [-0.2, -0.15) is 0 Å². The van der Waals surface area contributed by atoms with Crippen molar-refractivity contribution in [3.8, 4) is 0 Å². The maximum Gasteiger partial charge on any atom is 0.338 e. The molecule has 0 radical (unpaired) electrons. The molecule has 1 aliphatic carbocycles. The molecule has 0 aliphatic heterocycles. The van der Waals surface area contributed by atoms with Crippen molar-refractivity contribution >= 4 is 27.6 Å². The molecule has 35 heavy (non-hydrogen) atoms. The van der Waals surface area contributed by atoms with Crippen LogP contribution in [-0.2, 0) is 22.9 Å². The van der Waals surface area contributed by atoms with Gasteiger partial charge in [-0.15, -0.1) is 0 Å². The number of hydrogen-bond acceptors (Lipinski definition) is 5. The average molecular weight is 502 g/mol. The fraction of sp³-hybridized carbons (Fsp3) is 0.462. The number of unbranched alkanes of at least 4 members (excludes halogenated alkanes) is 1. The minimum Gasteiger partial charge on any atom is -0.478 e. The Labute approximate surface area is 207 Å². The molecular formula is C26H35N3O5S. The summed E-state index contributed by atoms with van der Waals surface area (Å²) in [5, 5.41) is 12.6. The van der Waals surface area contributed by atoms with Crippen LogP contribution in [-0.4, -0.2) is 56.5 Å². The van der Waals surface area contributed by atoms with E-state index in [1.54, 1.807) is 18.2 Å². The lowest BCUT2D eigenvalue weighted by atomic mass is 9.87. The van der Waals surface area contributed by atoms with Gasteiger partial charge in [0.2, 0.25) is 0 Å². The fourth-order valence-electron chi connectivity index (χ4n) is 4.54. The minimum atomic E-state index is -4.21. The molecule has 3 rings (SSSR count). The van der Waals surface area contributed by atoms with Gasteiger partial charge in [-0.25, -0.2) is 13.2 Å². The van der Waals surface area contributed by atoms with E-state index < -0.39 is 21.9 Å². The molecule has 0 atom stereocenters. The molecule has 190 valence electrons. The first-order chi connectivity index (χ1) is 16.8. The summed E-state index contributed by atoms with van der Waals surface area (Å²) >= 11 is 0. The summed E-state index contributed by atoms with van der Waals surface area (Å²) in [7, 11) is -4.21. The summed E-state index contributed by atoms with van der Waals surface area (Å²) in [5.41, 5.74) is 1.65. The Kier molecular flexibility index (Phi) is 9.28. The summed E-state index contributed by atoms with van der Waals surface area (Å²) in [6, 6.07) is 9.26. The number of fused-ring (bicyclic) bond motifs is 1. The Balaban J connectivity index is 1.76. The number of carboxylic acids is 1. The van der Waals surface area contributed by atoms with E-state index in [1.165, 1.54) is 18.2 Å². The number of amides is 1. The summed E-state index contributed by atoms with van der Waals surface area (Å²) in [5.74, 6) is -1.64. The van der Waals surface area contributed by atoms with E-state index in [0.29, 0.717) is 18.5 Å². The van der Waals surface area contributed by atoms with Crippen LogP contribution in [0.25, 0.3) is 0 Å². The average Bonchev–Trinajstić information content (AvgIpc) is 2.85. The highest BCUT2D eigenvalue weighted by molar-refractivity contribution is 7.92. The van der Waals surface area contributed by atoms with Crippen LogP contribution in [0.4, 0.5) is 5.69 Å². The molecule has 0 heterocycles. The van der Waals surface area contributed by atoms with Crippen LogP contribution in [0.1, 0.15) is 71.4 Å². The zero-order valence-electron chi connectivity index (χ0n) is 20.5. The van der Waals surface area contributed by atoms with Gasteiger partial charge in [0.1, 0.15) is 4.90 Å². The Bertz CT molecular complexity index is 1160. The zero-order chi connectivity index (χ0) is 25.4. The third-order valence-corrected chi connectivity index (χ3v) is 7.92. The highest BCUT2D eigenvalue weighted by atomic mass is 32.2. The number of carbonyl (C=O) groups is 2. The first-order valence-corrected chi connectivity index (χ1v) is 13.8. The van der Waals surface area contributed by atoms with E-state index in [-0.39, 0.29) is 21.7 Å². The number of aromatic carboxylic acids is 1. The minimum absolute atomic E-state index is 0.0130. The van der Waals surface area contributed by atoms with Crippen LogP contribution in [0.2, 0.25) is 0 Å². The van der Waals surface area contributed by atoms with Crippen LogP contribution in [0, 0.1) is 0 Å². The molecule has 2 aromatic carbocycles. The quantitative estimate of drug-likeness (QED) is 0.380. The molecular weight excluding hydrogens is 466 g/mol. The number of carbonyl (C=O) groups excluding carboxylic acids is 1. The standard InChI is InChI=1S/C26H35N3O5S/c1-3-29(4-2)18-10-9-17-27-25(30)21-13-7-8-14-23(21)35(33,34)28-22-16-15-19-11-5-6-12-20(19)24(22)26(31)32/h7-8,13-16,28H,3-6,9-12,17-18H2,1-2H3,(H,27,30)(H,31,32). The second-order valence-corrected chi connectivity index (χ2v) is 10.4. The molecule has 0 saturated heterocycles. The number of carboxylic acid groups (broad SMARTS) is 1. The van der Waals surface area contributed by atoms with Crippen molar-refractivity contribution in [2.75, 3.05) is 30.9 Å². The molecule has 0 bridgehead atoms. The largest absolute Gasteiger partial charge is 0.478 e. The molecule has 3 N–H and O–H groups in total. The summed E-state index contributed by atoms with van der Waals surface area (Å²) < 4.78 is 29.0. The van der Waals surface area contributed by atoms with Crippen LogP contribution >= 0.6 is 0 Å². The van der Waals surface area contributed by atoms with Crippen LogP contribution in [0.3, 0.4) is 0 Å². The molecule has 0 fully saturated rings. The second kappa shape index (κ2) is 12.2. The second-order valence-electron chi connectivity index (χ2n) is 8.73. The maximum absolute atomic E-state index is 13.3. The highest BCUT2D eigenvalue weighted by Gasteiger charge is 2.27. The first-order valence-electron chi connectivity index (χ1n) is 12.3. The van der Waals surface area contributed by atoms with Crippen molar-refractivity contribution in [3.05, 3.63) is 58.7 Å². The van der Waals surface area contributed by atoms with Gasteiger partial charge in [-0.05, 0) is 87.5 Å². The molecule has 8 nitrogen and oxygen atoms in total. The summed E-state index contributed by atoms with van der Waals surface area (Å²) in [6.07, 6.45) is 4.93. The Hall–Kier alpha value is -2.91. The molecule has 0 spiro atoms. The Morgan fingerprint density at radius 1 is 1.00 bits per heavy atom. The lowest BCUT2D eigenvalue weighted by Gasteiger charge is -2.21. The molecule has 9 heteroatoms. The molecule has 0 aromatic heterocycles. The van der Waals surface area contributed by atoms with E-state index in [9.17, 15) is 23.1 Å². The van der Waals surface area contributed by atoms with Gasteiger partial charge in [0.25, 0.3) is 15.9 Å². The van der Waals surface area contributed by atoms with Crippen molar-refractivity contribution in [3.63, 3.8) is 0 Å². The number of rotatable bonds is 12. The number of anilines is 1. The van der Waals surface area contributed by atoms with Gasteiger partial charge in [0.05, 0.1) is 16.8 Å². The fourth-order valence-corrected chi connectivity index (χ4v) is 5.82. The molecule has 0 saturated carbocycles. The van der Waals surface area contributed by atoms with Crippen molar-refractivity contribution in [1.29, 1.82) is 0 Å². The van der Waals surface area contributed by atoms with Crippen molar-refractivity contribution in [1.82, 2.24) is 10.2 Å². The molecule has 1 aliphatic rings. The number of sulfonamides is 1. The van der Waals surface area contributed by atoms with Crippen LogP contribution < -0.4 is 10.0 Å². The molecule has 1 amide bonds. The van der Waals surface area contributed by atoms with E-state index in [1.807, 2.05) is 0 Å². The summed E-state index contributed by atoms with van der Waals surface area (Å²) in [4.78, 5) is 27.0. The Morgan fingerprint density at radius 2 is 1.71 bits per heavy atom. The normalized spacial score (nSPS) is 13.3. The number of nitrogens with one attached hydrogen (secondary N) is 2. The van der Waals surface area contributed by atoms with Gasteiger partial charge in [0, 0.05) is 6.54 Å². The predicted molar refractivity (Wildman–Crippen MR) is 137 cm³/mol. The third-order valence-electron chi connectivity index (χ3n) is 6.49. The van der Waals surface area contributed by atoms with Crippen molar-refractivity contribution in [2.45, 2.75) is 57.3 Å². The van der Waals surface area contributed by atoms with Gasteiger partial charge in [-0.1, -0.05) is 32.0 Å². The summed E-state index contributed by atoms with van der Waals surface area (Å²) in [6.45, 7) is 7.57.